The Morgan fingerprint density at radius 3 is 2.30 bits per heavy atom. The molecule has 7 heteroatoms. The van der Waals surface area contributed by atoms with E-state index < -0.39 is 10.0 Å². The highest BCUT2D eigenvalue weighted by Gasteiger charge is 2.19. The lowest BCUT2D eigenvalue weighted by Crippen LogP contribution is -2.11. The number of hydrogen-bond donors (Lipinski definition) is 1. The molecular weight excluding hydrogens is 434 g/mol. The van der Waals surface area contributed by atoms with Gasteiger partial charge in [0.15, 0.2) is 5.78 Å². The van der Waals surface area contributed by atoms with E-state index >= 15 is 0 Å². The minimum absolute atomic E-state index is 0.126. The van der Waals surface area contributed by atoms with Gasteiger partial charge in [0.1, 0.15) is 5.82 Å². The van der Waals surface area contributed by atoms with E-state index in [9.17, 15) is 13.2 Å². The highest BCUT2D eigenvalue weighted by Crippen LogP contribution is 2.23. The third-order valence-electron chi connectivity index (χ3n) is 5.70. The molecule has 0 unspecified atom stereocenters. The summed E-state index contributed by atoms with van der Waals surface area (Å²) in [6.07, 6.45) is 3.56. The van der Waals surface area contributed by atoms with Crippen LogP contribution in [0.3, 0.4) is 0 Å². The van der Waals surface area contributed by atoms with E-state index in [0.29, 0.717) is 17.8 Å². The summed E-state index contributed by atoms with van der Waals surface area (Å²) in [4.78, 5) is 17.2. The number of pyridine rings is 1. The Labute approximate surface area is 193 Å². The maximum Gasteiger partial charge on any atom is 0.267 e. The number of aromatic nitrogens is 2. The van der Waals surface area contributed by atoms with Crippen LogP contribution in [-0.4, -0.2) is 23.2 Å². The molecule has 4 aromatic rings. The van der Waals surface area contributed by atoms with Gasteiger partial charge < -0.3 is 5.73 Å². The van der Waals surface area contributed by atoms with E-state index in [1.807, 2.05) is 44.2 Å². The van der Waals surface area contributed by atoms with Crippen molar-refractivity contribution in [2.24, 2.45) is 0 Å². The predicted octanol–water partition coefficient (Wildman–Crippen LogP) is 4.80. The molecule has 0 saturated heterocycles. The molecule has 2 N–H and O–H groups in total. The molecule has 2 aromatic carbocycles. The summed E-state index contributed by atoms with van der Waals surface area (Å²) in [5.41, 5.74) is 10.9. The molecule has 2 heterocycles. The number of nitrogens with zero attached hydrogens (tertiary/aromatic N) is 2. The monoisotopic (exact) mass is 459 g/mol. The van der Waals surface area contributed by atoms with Crippen LogP contribution >= 0.6 is 0 Å². The number of Topliss-reactive ketones (excluding diaryl/α,β-unsaturated/α-hetero) is 1. The largest absolute Gasteiger partial charge is 0.384 e. The van der Waals surface area contributed by atoms with Crippen molar-refractivity contribution >= 4 is 21.6 Å². The summed E-state index contributed by atoms with van der Waals surface area (Å²) >= 11 is 0. The van der Waals surface area contributed by atoms with Gasteiger partial charge in [-0.3, -0.25) is 4.79 Å². The van der Waals surface area contributed by atoms with Crippen LogP contribution in [0.5, 0.6) is 0 Å². The highest BCUT2D eigenvalue weighted by atomic mass is 32.2. The minimum Gasteiger partial charge on any atom is -0.384 e. The molecule has 0 radical (unpaired) electrons. The Morgan fingerprint density at radius 2 is 1.64 bits per heavy atom. The Kier molecular flexibility index (Phi) is 6.16. The van der Waals surface area contributed by atoms with Gasteiger partial charge in [0.25, 0.3) is 10.0 Å². The van der Waals surface area contributed by atoms with Gasteiger partial charge in [0.05, 0.1) is 4.90 Å². The van der Waals surface area contributed by atoms with Crippen LogP contribution in [0.25, 0.3) is 11.1 Å². The van der Waals surface area contributed by atoms with Crippen LogP contribution in [0, 0.1) is 13.8 Å². The summed E-state index contributed by atoms with van der Waals surface area (Å²) in [6.45, 7) is 3.81. The molecule has 0 aliphatic heterocycles. The third-order valence-corrected chi connectivity index (χ3v) is 7.35. The molecule has 0 aliphatic rings. The Hall–Kier alpha value is -3.71. The summed E-state index contributed by atoms with van der Waals surface area (Å²) < 4.78 is 27.2. The van der Waals surface area contributed by atoms with E-state index in [-0.39, 0.29) is 17.1 Å². The standard InChI is InChI=1S/C26H25N3O3S/c1-18-16-26(27)28-19(2)24(18)12-13-25(30)22-14-15-29(17-22)33(31,32)23-10-8-21(9-11-23)20-6-4-3-5-7-20/h3-11,14-17H,12-13H2,1-2H3,(H2,27,28). The fourth-order valence-corrected chi connectivity index (χ4v) is 5.11. The topological polar surface area (TPSA) is 95.0 Å². The molecule has 168 valence electrons. The molecule has 2 aromatic heterocycles. The summed E-state index contributed by atoms with van der Waals surface area (Å²) in [5, 5.41) is 0. The first-order valence-corrected chi connectivity index (χ1v) is 12.0. The van der Waals surface area contributed by atoms with Gasteiger partial charge in [0, 0.05) is 30.1 Å². The number of hydrogen-bond acceptors (Lipinski definition) is 5. The first-order valence-electron chi connectivity index (χ1n) is 10.6. The highest BCUT2D eigenvalue weighted by molar-refractivity contribution is 7.90. The molecule has 0 spiro atoms. The zero-order valence-corrected chi connectivity index (χ0v) is 19.3. The van der Waals surface area contributed by atoms with Crippen LogP contribution in [0.4, 0.5) is 5.82 Å². The predicted molar refractivity (Wildman–Crippen MR) is 130 cm³/mol. The quantitative estimate of drug-likeness (QED) is 0.401. The number of nitrogen functional groups attached to an aromatic ring is 1. The third kappa shape index (κ3) is 4.73. The van der Waals surface area contributed by atoms with Crippen molar-refractivity contribution in [3.63, 3.8) is 0 Å². The molecule has 0 amide bonds. The fourth-order valence-electron chi connectivity index (χ4n) is 3.91. The lowest BCUT2D eigenvalue weighted by molar-refractivity contribution is 0.0983. The second kappa shape index (κ2) is 9.03. The molecule has 0 fully saturated rings. The van der Waals surface area contributed by atoms with Crippen LogP contribution in [0.2, 0.25) is 0 Å². The van der Waals surface area contributed by atoms with Crippen molar-refractivity contribution in [1.29, 1.82) is 0 Å². The van der Waals surface area contributed by atoms with Crippen molar-refractivity contribution < 1.29 is 13.2 Å². The van der Waals surface area contributed by atoms with Crippen molar-refractivity contribution in [2.45, 2.75) is 31.6 Å². The summed E-state index contributed by atoms with van der Waals surface area (Å²) in [5.74, 6) is 0.332. The molecular formula is C26H25N3O3S. The number of aryl methyl sites for hydroxylation is 2. The number of nitrogens with two attached hydrogens (primary N) is 1. The molecule has 33 heavy (non-hydrogen) atoms. The SMILES string of the molecule is Cc1cc(N)nc(C)c1CCC(=O)c1ccn(S(=O)(=O)c2ccc(-c3ccccc3)cc2)c1. The van der Waals surface area contributed by atoms with Gasteiger partial charge in [-0.1, -0.05) is 42.5 Å². The lowest BCUT2D eigenvalue weighted by Gasteiger charge is -2.09. The number of ketones is 1. The number of carbonyl (C=O) groups is 1. The normalized spacial score (nSPS) is 11.5. The van der Waals surface area contributed by atoms with E-state index in [1.165, 1.54) is 12.4 Å². The van der Waals surface area contributed by atoms with Crippen molar-refractivity contribution in [1.82, 2.24) is 8.96 Å². The molecule has 6 nitrogen and oxygen atoms in total. The van der Waals surface area contributed by atoms with Gasteiger partial charge in [-0.25, -0.2) is 17.4 Å². The second-order valence-corrected chi connectivity index (χ2v) is 9.82. The molecule has 0 saturated carbocycles. The van der Waals surface area contributed by atoms with Crippen molar-refractivity contribution in [2.75, 3.05) is 5.73 Å². The first kappa shape index (κ1) is 22.5. The van der Waals surface area contributed by atoms with E-state index in [1.54, 1.807) is 36.4 Å². The van der Waals surface area contributed by atoms with Crippen LogP contribution in [0.15, 0.2) is 84.0 Å². The van der Waals surface area contributed by atoms with Crippen LogP contribution < -0.4 is 5.73 Å². The average molecular weight is 460 g/mol. The average Bonchev–Trinajstić information content (AvgIpc) is 3.30. The molecule has 0 aliphatic carbocycles. The molecule has 0 atom stereocenters. The van der Waals surface area contributed by atoms with Gasteiger partial charge in [-0.15, -0.1) is 0 Å². The van der Waals surface area contributed by atoms with Crippen LogP contribution in [-0.2, 0) is 16.4 Å². The van der Waals surface area contributed by atoms with E-state index in [2.05, 4.69) is 4.98 Å². The zero-order valence-electron chi connectivity index (χ0n) is 18.5. The molecule has 0 bridgehead atoms. The molecule has 4 rings (SSSR count). The number of rotatable bonds is 7. The van der Waals surface area contributed by atoms with Gasteiger partial charge in [-0.2, -0.15) is 0 Å². The summed E-state index contributed by atoms with van der Waals surface area (Å²) in [7, 11) is -3.80. The summed E-state index contributed by atoms with van der Waals surface area (Å²) in [6, 6.07) is 19.8. The fraction of sp³-hybridized carbons (Fsp3) is 0.154. The van der Waals surface area contributed by atoms with Crippen molar-refractivity contribution in [3.05, 3.63) is 102 Å². The zero-order chi connectivity index (χ0) is 23.6. The van der Waals surface area contributed by atoms with Gasteiger partial charge >= 0.3 is 0 Å². The van der Waals surface area contributed by atoms with E-state index in [4.69, 9.17) is 5.73 Å². The van der Waals surface area contributed by atoms with Gasteiger partial charge in [0.2, 0.25) is 0 Å². The van der Waals surface area contributed by atoms with Crippen molar-refractivity contribution in [3.8, 4) is 11.1 Å². The van der Waals surface area contributed by atoms with E-state index in [0.717, 1.165) is 31.9 Å². The smallest absolute Gasteiger partial charge is 0.267 e. The Morgan fingerprint density at radius 1 is 0.970 bits per heavy atom. The second-order valence-electron chi connectivity index (χ2n) is 7.98. The lowest BCUT2D eigenvalue weighted by atomic mass is 10.00. The number of anilines is 1. The maximum absolute atomic E-state index is 13.0. The maximum atomic E-state index is 13.0. The Balaban J connectivity index is 1.49. The van der Waals surface area contributed by atoms with Gasteiger partial charge in [-0.05, 0) is 66.8 Å². The van der Waals surface area contributed by atoms with Crippen LogP contribution in [0.1, 0.15) is 33.6 Å². The Bertz CT molecular complexity index is 1380. The number of benzene rings is 2. The first-order chi connectivity index (χ1) is 15.8. The minimum atomic E-state index is -3.80. The number of carbonyl (C=O) groups excluding carboxylic acids is 1.